The van der Waals surface area contributed by atoms with Gasteiger partial charge in [-0.25, -0.2) is 4.57 Å². The molecule has 66 heavy (non-hydrogen) atoms. The summed E-state index contributed by atoms with van der Waals surface area (Å²) in [6, 6.07) is 0. The SMILES string of the molecule is CC/C=C\C/C=C\C/C=C\C/C=C\C/C=C\C/C=C\C/C=C\CCCC(=O)OC(COCCCCCCCCCCCCCCCCCCCCCCCCCC)COP(=O)(O)OCCN. The van der Waals surface area contributed by atoms with Crippen LogP contribution in [-0.4, -0.2) is 49.9 Å². The molecule has 382 valence electrons. The fourth-order valence-electron chi connectivity index (χ4n) is 7.40. The smallest absolute Gasteiger partial charge is 0.457 e. The van der Waals surface area contributed by atoms with Crippen LogP contribution in [0.15, 0.2) is 85.1 Å². The molecule has 0 fully saturated rings. The molecule has 0 aromatic rings. The zero-order chi connectivity index (χ0) is 48.0. The van der Waals surface area contributed by atoms with Gasteiger partial charge in [0.15, 0.2) is 0 Å². The summed E-state index contributed by atoms with van der Waals surface area (Å²) in [5.74, 6) is -0.386. The van der Waals surface area contributed by atoms with E-state index in [0.717, 1.165) is 64.2 Å². The highest BCUT2D eigenvalue weighted by molar-refractivity contribution is 7.47. The van der Waals surface area contributed by atoms with Crippen molar-refractivity contribution in [1.82, 2.24) is 0 Å². The molecule has 8 nitrogen and oxygen atoms in total. The molecular weight excluding hydrogens is 842 g/mol. The molecule has 2 atom stereocenters. The highest BCUT2D eigenvalue weighted by Gasteiger charge is 2.25. The Balaban J connectivity index is 4.01. The van der Waals surface area contributed by atoms with Gasteiger partial charge < -0.3 is 20.1 Å². The average molecular weight is 944 g/mol. The van der Waals surface area contributed by atoms with Crippen molar-refractivity contribution in [2.75, 3.05) is 33.0 Å². The number of carbonyl (C=O) groups is 1. The van der Waals surface area contributed by atoms with Gasteiger partial charge in [-0.05, 0) is 64.2 Å². The summed E-state index contributed by atoms with van der Waals surface area (Å²) in [6.45, 7) is 4.75. The maximum atomic E-state index is 12.6. The van der Waals surface area contributed by atoms with Crippen molar-refractivity contribution >= 4 is 13.8 Å². The quantitative estimate of drug-likeness (QED) is 0.0268. The lowest BCUT2D eigenvalue weighted by Crippen LogP contribution is -2.28. The Morgan fingerprint density at radius 3 is 1.21 bits per heavy atom. The molecule has 0 rings (SSSR count). The van der Waals surface area contributed by atoms with Gasteiger partial charge in [0.1, 0.15) is 6.10 Å². The molecule has 0 aliphatic carbocycles. The van der Waals surface area contributed by atoms with Crippen molar-refractivity contribution in [1.29, 1.82) is 0 Å². The number of nitrogens with two attached hydrogens (primary N) is 1. The number of allylic oxidation sites excluding steroid dienone is 14. The Morgan fingerprint density at radius 1 is 0.470 bits per heavy atom. The number of rotatable bonds is 51. The van der Waals surface area contributed by atoms with Crippen LogP contribution in [0.2, 0.25) is 0 Å². The molecule has 0 aromatic carbocycles. The second-order valence-electron chi connectivity index (χ2n) is 17.7. The minimum absolute atomic E-state index is 0.0882. The van der Waals surface area contributed by atoms with Crippen LogP contribution < -0.4 is 5.73 Å². The van der Waals surface area contributed by atoms with Crippen LogP contribution in [0, 0.1) is 0 Å². The van der Waals surface area contributed by atoms with Crippen LogP contribution in [0.4, 0.5) is 0 Å². The number of carbonyl (C=O) groups excluding carboxylic acids is 1. The van der Waals surface area contributed by atoms with Crippen LogP contribution in [-0.2, 0) is 27.9 Å². The largest absolute Gasteiger partial charge is 0.472 e. The number of esters is 1. The standard InChI is InChI=1S/C57H102NO7P/c1-3-5-7-9-11-13-15-17-19-21-23-25-27-29-31-33-35-37-39-41-43-45-47-49-52-62-54-56(55-64-66(60,61)63-53-51-58)65-57(59)50-48-46-44-42-40-38-36-34-32-30-28-26-24-22-20-18-16-14-12-10-8-6-4-2/h6,8,12,14,18,20,24,26,30,32,36,38,42,44,56H,3-5,7,9-11,13,15-17,19,21-23,25,27-29,31,33-35,37,39-41,43,45-55,58H2,1-2H3,(H,60,61)/b8-6-,14-12-,20-18-,26-24-,32-30-,38-36-,44-42-. The summed E-state index contributed by atoms with van der Waals surface area (Å²) < 4.78 is 33.6. The zero-order valence-electron chi connectivity index (χ0n) is 42.7. The van der Waals surface area contributed by atoms with Gasteiger partial charge in [0.05, 0.1) is 19.8 Å². The van der Waals surface area contributed by atoms with Gasteiger partial charge >= 0.3 is 13.8 Å². The summed E-state index contributed by atoms with van der Waals surface area (Å²) in [6.07, 6.45) is 70.7. The topological polar surface area (TPSA) is 117 Å². The number of hydrogen-bond acceptors (Lipinski definition) is 7. The Kier molecular flexibility index (Phi) is 51.7. The molecule has 0 heterocycles. The van der Waals surface area contributed by atoms with E-state index in [0.29, 0.717) is 13.0 Å². The summed E-state index contributed by atoms with van der Waals surface area (Å²) in [7, 11) is -4.30. The second-order valence-corrected chi connectivity index (χ2v) is 19.2. The molecule has 0 bridgehead atoms. The fraction of sp³-hybridized carbons (Fsp3) is 0.737. The highest BCUT2D eigenvalue weighted by atomic mass is 31.2. The van der Waals surface area contributed by atoms with Crippen LogP contribution in [0.3, 0.4) is 0 Å². The number of unbranched alkanes of at least 4 members (excludes halogenated alkanes) is 24. The van der Waals surface area contributed by atoms with Gasteiger partial charge in [0.2, 0.25) is 0 Å². The maximum absolute atomic E-state index is 12.6. The average Bonchev–Trinajstić information content (AvgIpc) is 3.31. The van der Waals surface area contributed by atoms with Crippen LogP contribution in [0.25, 0.3) is 0 Å². The molecule has 9 heteroatoms. The first-order valence-corrected chi connectivity index (χ1v) is 28.6. The van der Waals surface area contributed by atoms with Gasteiger partial charge in [-0.2, -0.15) is 0 Å². The van der Waals surface area contributed by atoms with E-state index in [2.05, 4.69) is 98.9 Å². The monoisotopic (exact) mass is 944 g/mol. The first-order valence-electron chi connectivity index (χ1n) is 27.1. The molecule has 0 amide bonds. The van der Waals surface area contributed by atoms with E-state index in [4.69, 9.17) is 24.3 Å². The van der Waals surface area contributed by atoms with E-state index in [1.807, 2.05) is 0 Å². The molecule has 0 saturated carbocycles. The Morgan fingerprint density at radius 2 is 0.833 bits per heavy atom. The number of hydrogen-bond donors (Lipinski definition) is 2. The maximum Gasteiger partial charge on any atom is 0.472 e. The number of phosphoric acid groups is 1. The van der Waals surface area contributed by atoms with Crippen molar-refractivity contribution in [3.05, 3.63) is 85.1 Å². The lowest BCUT2D eigenvalue weighted by molar-refractivity contribution is -0.154. The van der Waals surface area contributed by atoms with Crippen molar-refractivity contribution in [3.8, 4) is 0 Å². The third kappa shape index (κ3) is 52.6. The minimum atomic E-state index is -4.30. The summed E-state index contributed by atoms with van der Waals surface area (Å²) in [5, 5.41) is 0. The minimum Gasteiger partial charge on any atom is -0.457 e. The van der Waals surface area contributed by atoms with Crippen molar-refractivity contribution in [3.63, 3.8) is 0 Å². The number of phosphoric ester groups is 1. The predicted molar refractivity (Wildman–Crippen MR) is 284 cm³/mol. The number of ether oxygens (including phenoxy) is 2. The molecule has 0 aromatic heterocycles. The van der Waals surface area contributed by atoms with E-state index >= 15 is 0 Å². The molecule has 0 saturated heterocycles. The van der Waals surface area contributed by atoms with Crippen molar-refractivity contribution in [2.45, 2.75) is 238 Å². The van der Waals surface area contributed by atoms with Gasteiger partial charge in [-0.1, -0.05) is 247 Å². The van der Waals surface area contributed by atoms with E-state index in [1.54, 1.807) is 0 Å². The lowest BCUT2D eigenvalue weighted by Gasteiger charge is -2.20. The summed E-state index contributed by atoms with van der Waals surface area (Å²) in [4.78, 5) is 22.6. The highest BCUT2D eigenvalue weighted by Crippen LogP contribution is 2.43. The lowest BCUT2D eigenvalue weighted by atomic mass is 10.0. The molecular formula is C57H102NO7P. The van der Waals surface area contributed by atoms with Crippen LogP contribution in [0.5, 0.6) is 0 Å². The zero-order valence-corrected chi connectivity index (χ0v) is 43.6. The molecule has 0 aliphatic heterocycles. The Hall–Kier alpha value is -2.32. The van der Waals surface area contributed by atoms with Crippen molar-refractivity contribution < 1.29 is 32.8 Å². The van der Waals surface area contributed by atoms with Gasteiger partial charge in [0, 0.05) is 19.6 Å². The Bertz CT molecular complexity index is 1290. The first kappa shape index (κ1) is 63.7. The van der Waals surface area contributed by atoms with Gasteiger partial charge in [-0.15, -0.1) is 0 Å². The van der Waals surface area contributed by atoms with Gasteiger partial charge in [-0.3, -0.25) is 13.8 Å². The normalized spacial score (nSPS) is 13.9. The molecule has 2 unspecified atom stereocenters. The molecule has 3 N–H and O–H groups in total. The van der Waals surface area contributed by atoms with E-state index in [9.17, 15) is 14.3 Å². The molecule has 0 spiro atoms. The summed E-state index contributed by atoms with van der Waals surface area (Å²) in [5.41, 5.74) is 5.39. The van der Waals surface area contributed by atoms with Crippen LogP contribution in [0.1, 0.15) is 232 Å². The molecule has 0 radical (unpaired) electrons. The van der Waals surface area contributed by atoms with E-state index in [-0.39, 0.29) is 38.8 Å². The second kappa shape index (κ2) is 53.6. The fourth-order valence-corrected chi connectivity index (χ4v) is 8.17. The predicted octanol–water partition coefficient (Wildman–Crippen LogP) is 17.2. The molecule has 0 aliphatic rings. The Labute approximate surface area is 407 Å². The first-order chi connectivity index (χ1) is 32.4. The van der Waals surface area contributed by atoms with Gasteiger partial charge in [0.25, 0.3) is 0 Å². The van der Waals surface area contributed by atoms with E-state index in [1.165, 1.54) is 141 Å². The third-order valence-corrected chi connectivity index (χ3v) is 12.3. The van der Waals surface area contributed by atoms with Crippen LogP contribution >= 0.6 is 7.82 Å². The summed E-state index contributed by atoms with van der Waals surface area (Å²) >= 11 is 0. The van der Waals surface area contributed by atoms with E-state index < -0.39 is 13.9 Å². The van der Waals surface area contributed by atoms with Crippen molar-refractivity contribution in [2.24, 2.45) is 5.73 Å². The third-order valence-electron chi connectivity index (χ3n) is 11.3.